The van der Waals surface area contributed by atoms with Crippen LogP contribution in [0.1, 0.15) is 21.5 Å². The Hall–Kier alpha value is -4.34. The smallest absolute Gasteiger partial charge is 0.251 e. The molecule has 4 rings (SSSR count). The van der Waals surface area contributed by atoms with Crippen molar-refractivity contribution in [1.82, 2.24) is 25.3 Å². The fourth-order valence-corrected chi connectivity index (χ4v) is 3.17. The van der Waals surface area contributed by atoms with Crippen LogP contribution in [0.4, 0.5) is 20.4 Å². The number of aryl methyl sites for hydroxylation is 1. The summed E-state index contributed by atoms with van der Waals surface area (Å²) in [5, 5.41) is 13.5. The third-order valence-electron chi connectivity index (χ3n) is 4.72. The number of halogens is 2. The first-order valence-corrected chi connectivity index (χ1v) is 9.97. The van der Waals surface area contributed by atoms with Crippen LogP contribution in [0.3, 0.4) is 0 Å². The molecule has 168 valence electrons. The van der Waals surface area contributed by atoms with Crippen molar-refractivity contribution in [3.63, 3.8) is 0 Å². The molecule has 0 radical (unpaired) electrons. The summed E-state index contributed by atoms with van der Waals surface area (Å²) in [6.45, 7) is 1.74. The van der Waals surface area contributed by atoms with E-state index in [1.54, 1.807) is 61.4 Å². The Morgan fingerprint density at radius 1 is 1.09 bits per heavy atom. The number of nitrogens with zero attached hydrogens (tertiary/aromatic N) is 4. The van der Waals surface area contributed by atoms with Crippen LogP contribution >= 0.6 is 0 Å². The average molecular weight is 450 g/mol. The fraction of sp³-hybridized carbons (Fsp3) is 0.130. The van der Waals surface area contributed by atoms with E-state index in [0.29, 0.717) is 39.8 Å². The summed E-state index contributed by atoms with van der Waals surface area (Å²) in [5.41, 5.74) is 1.32. The standard InChI is InChI=1S/C23H20F2N6O2/c1-14-19(23(32)27-12-15-8-16(24)10-17(25)9-15)4-3-5-20(14)33-18-6-7-26-21(11-18)28-22-13-31(2)30-29-22/h3-11,13H,12H2,1-2H3,(H,26,28)(H,27,32). The van der Waals surface area contributed by atoms with Gasteiger partial charge in [0.15, 0.2) is 5.82 Å². The summed E-state index contributed by atoms with van der Waals surface area (Å²) in [6, 6.07) is 11.6. The van der Waals surface area contributed by atoms with E-state index in [2.05, 4.69) is 25.9 Å². The zero-order valence-corrected chi connectivity index (χ0v) is 17.8. The number of hydrogen-bond acceptors (Lipinski definition) is 6. The highest BCUT2D eigenvalue weighted by molar-refractivity contribution is 5.96. The number of carbonyl (C=O) groups excluding carboxylic acids is 1. The highest BCUT2D eigenvalue weighted by Gasteiger charge is 2.14. The summed E-state index contributed by atoms with van der Waals surface area (Å²) in [5.74, 6) is 0.260. The van der Waals surface area contributed by atoms with E-state index in [1.165, 1.54) is 12.1 Å². The van der Waals surface area contributed by atoms with Crippen LogP contribution in [-0.4, -0.2) is 25.9 Å². The van der Waals surface area contributed by atoms with Crippen LogP contribution in [0.15, 0.2) is 60.9 Å². The molecule has 1 amide bonds. The molecule has 2 aromatic carbocycles. The first-order valence-electron chi connectivity index (χ1n) is 9.97. The number of benzene rings is 2. The molecule has 0 fully saturated rings. The fourth-order valence-electron chi connectivity index (χ4n) is 3.17. The highest BCUT2D eigenvalue weighted by Crippen LogP contribution is 2.28. The van der Waals surface area contributed by atoms with Crippen molar-refractivity contribution in [3.05, 3.63) is 89.2 Å². The van der Waals surface area contributed by atoms with Gasteiger partial charge in [0.2, 0.25) is 0 Å². The van der Waals surface area contributed by atoms with Gasteiger partial charge in [-0.3, -0.25) is 9.48 Å². The zero-order valence-electron chi connectivity index (χ0n) is 17.8. The number of nitrogens with one attached hydrogen (secondary N) is 2. The van der Waals surface area contributed by atoms with Crippen molar-refractivity contribution in [1.29, 1.82) is 0 Å². The molecule has 0 aliphatic carbocycles. The molecule has 2 heterocycles. The Kier molecular flexibility index (Phi) is 6.25. The number of anilines is 2. The van der Waals surface area contributed by atoms with Gasteiger partial charge in [-0.05, 0) is 42.8 Å². The van der Waals surface area contributed by atoms with Gasteiger partial charge in [0.05, 0.1) is 6.20 Å². The quantitative estimate of drug-likeness (QED) is 0.437. The Balaban J connectivity index is 1.46. The van der Waals surface area contributed by atoms with E-state index in [4.69, 9.17) is 4.74 Å². The van der Waals surface area contributed by atoms with Gasteiger partial charge in [0, 0.05) is 43.0 Å². The van der Waals surface area contributed by atoms with Crippen molar-refractivity contribution in [3.8, 4) is 11.5 Å². The van der Waals surface area contributed by atoms with Crippen molar-refractivity contribution in [2.75, 3.05) is 5.32 Å². The summed E-state index contributed by atoms with van der Waals surface area (Å²) in [6.07, 6.45) is 3.29. The molecular weight excluding hydrogens is 430 g/mol. The molecule has 0 saturated carbocycles. The highest BCUT2D eigenvalue weighted by atomic mass is 19.1. The molecular formula is C23H20F2N6O2. The molecule has 0 unspecified atom stereocenters. The van der Waals surface area contributed by atoms with Gasteiger partial charge in [-0.1, -0.05) is 11.3 Å². The summed E-state index contributed by atoms with van der Waals surface area (Å²) in [4.78, 5) is 16.9. The van der Waals surface area contributed by atoms with E-state index in [9.17, 15) is 13.6 Å². The molecule has 0 aliphatic heterocycles. The maximum absolute atomic E-state index is 13.4. The molecule has 0 bridgehead atoms. The van der Waals surface area contributed by atoms with Gasteiger partial charge in [-0.25, -0.2) is 13.8 Å². The molecule has 2 aromatic heterocycles. The first kappa shape index (κ1) is 21.9. The van der Waals surface area contributed by atoms with Crippen LogP contribution in [-0.2, 0) is 13.6 Å². The number of hydrogen-bond donors (Lipinski definition) is 2. The largest absolute Gasteiger partial charge is 0.457 e. The number of ether oxygens (including phenoxy) is 1. The van der Waals surface area contributed by atoms with E-state index in [1.807, 2.05) is 0 Å². The van der Waals surface area contributed by atoms with Gasteiger partial charge >= 0.3 is 0 Å². The summed E-state index contributed by atoms with van der Waals surface area (Å²) < 4.78 is 34.3. The lowest BCUT2D eigenvalue weighted by atomic mass is 10.1. The average Bonchev–Trinajstić information content (AvgIpc) is 3.17. The Morgan fingerprint density at radius 2 is 1.88 bits per heavy atom. The van der Waals surface area contributed by atoms with Gasteiger partial charge in [0.25, 0.3) is 5.91 Å². The van der Waals surface area contributed by atoms with Gasteiger partial charge in [-0.2, -0.15) is 0 Å². The second kappa shape index (κ2) is 9.43. The topological polar surface area (TPSA) is 94.0 Å². The van der Waals surface area contributed by atoms with Crippen molar-refractivity contribution in [2.45, 2.75) is 13.5 Å². The molecule has 8 nitrogen and oxygen atoms in total. The molecule has 0 spiro atoms. The van der Waals surface area contributed by atoms with Crippen molar-refractivity contribution >= 4 is 17.5 Å². The molecule has 0 atom stereocenters. The van der Waals surface area contributed by atoms with E-state index in [-0.39, 0.29) is 12.5 Å². The zero-order chi connectivity index (χ0) is 23.4. The van der Waals surface area contributed by atoms with Crippen LogP contribution in [0.5, 0.6) is 11.5 Å². The predicted molar refractivity (Wildman–Crippen MR) is 117 cm³/mol. The predicted octanol–water partition coefficient (Wildman–Crippen LogP) is 4.26. The third kappa shape index (κ3) is 5.48. The number of aromatic nitrogens is 4. The maximum atomic E-state index is 13.4. The lowest BCUT2D eigenvalue weighted by molar-refractivity contribution is 0.0950. The van der Waals surface area contributed by atoms with Gasteiger partial charge in [0.1, 0.15) is 29.0 Å². The minimum atomic E-state index is -0.698. The van der Waals surface area contributed by atoms with Gasteiger partial charge < -0.3 is 15.4 Å². The second-order valence-corrected chi connectivity index (χ2v) is 7.27. The van der Waals surface area contributed by atoms with Crippen LogP contribution in [0.2, 0.25) is 0 Å². The van der Waals surface area contributed by atoms with Crippen LogP contribution < -0.4 is 15.4 Å². The molecule has 0 aliphatic rings. The monoisotopic (exact) mass is 450 g/mol. The molecule has 33 heavy (non-hydrogen) atoms. The molecule has 4 aromatic rings. The minimum absolute atomic E-state index is 0.0141. The van der Waals surface area contributed by atoms with Crippen LogP contribution in [0, 0.1) is 18.6 Å². The van der Waals surface area contributed by atoms with E-state index >= 15 is 0 Å². The lowest BCUT2D eigenvalue weighted by Crippen LogP contribution is -2.23. The number of carbonyl (C=O) groups is 1. The third-order valence-corrected chi connectivity index (χ3v) is 4.72. The van der Waals surface area contributed by atoms with Crippen LogP contribution in [0.25, 0.3) is 0 Å². The summed E-state index contributed by atoms with van der Waals surface area (Å²) >= 11 is 0. The number of rotatable bonds is 7. The SMILES string of the molecule is Cc1c(Oc2ccnc(Nc3cn(C)nn3)c2)cccc1C(=O)NCc1cc(F)cc(F)c1. The first-order chi connectivity index (χ1) is 15.9. The van der Waals surface area contributed by atoms with E-state index in [0.717, 1.165) is 6.07 Å². The molecule has 0 saturated heterocycles. The number of amides is 1. The van der Waals surface area contributed by atoms with E-state index < -0.39 is 11.6 Å². The lowest BCUT2D eigenvalue weighted by Gasteiger charge is -2.13. The molecule has 10 heteroatoms. The second-order valence-electron chi connectivity index (χ2n) is 7.27. The normalized spacial score (nSPS) is 10.7. The van der Waals surface area contributed by atoms with Gasteiger partial charge in [-0.15, -0.1) is 5.10 Å². The summed E-state index contributed by atoms with van der Waals surface area (Å²) in [7, 11) is 1.76. The Bertz CT molecular complexity index is 1290. The Morgan fingerprint density at radius 3 is 2.61 bits per heavy atom. The Labute approximate surface area is 188 Å². The molecule has 2 N–H and O–H groups in total. The maximum Gasteiger partial charge on any atom is 0.251 e. The van der Waals surface area contributed by atoms with Crippen molar-refractivity contribution < 1.29 is 18.3 Å². The van der Waals surface area contributed by atoms with Crippen molar-refractivity contribution in [2.24, 2.45) is 7.05 Å². The number of pyridine rings is 1. The minimum Gasteiger partial charge on any atom is -0.457 e.